The maximum atomic E-state index is 13.6. The molecule has 186 valence electrons. The molecule has 36 heavy (non-hydrogen) atoms. The van der Waals surface area contributed by atoms with Crippen molar-refractivity contribution in [3.05, 3.63) is 99.5 Å². The second-order valence-corrected chi connectivity index (χ2v) is 9.87. The van der Waals surface area contributed by atoms with Crippen LogP contribution in [0.2, 0.25) is 10.0 Å². The van der Waals surface area contributed by atoms with Crippen LogP contribution in [0.5, 0.6) is 0 Å². The molecule has 0 aliphatic carbocycles. The summed E-state index contributed by atoms with van der Waals surface area (Å²) in [4.78, 5) is 31.4. The average Bonchev–Trinajstić information content (AvgIpc) is 3.15. The maximum absolute atomic E-state index is 13.6. The molecule has 2 aliphatic heterocycles. The Morgan fingerprint density at radius 3 is 1.75 bits per heavy atom. The minimum Gasteiger partial charge on any atom is -0.290 e. The molecular formula is C27H23Cl2F2N3O2. The number of piperazine rings is 1. The van der Waals surface area contributed by atoms with Crippen LogP contribution < -0.4 is 4.90 Å². The molecular weight excluding hydrogens is 507 g/mol. The molecule has 0 radical (unpaired) electrons. The van der Waals surface area contributed by atoms with E-state index in [2.05, 4.69) is 4.90 Å². The van der Waals surface area contributed by atoms with Gasteiger partial charge in [0.15, 0.2) is 0 Å². The van der Waals surface area contributed by atoms with Gasteiger partial charge in [0, 0.05) is 36.2 Å². The summed E-state index contributed by atoms with van der Waals surface area (Å²) >= 11 is 12.2. The number of anilines is 1. The highest BCUT2D eigenvalue weighted by Crippen LogP contribution is 2.33. The molecule has 0 unspecified atom stereocenters. The van der Waals surface area contributed by atoms with E-state index < -0.39 is 6.04 Å². The van der Waals surface area contributed by atoms with E-state index in [1.807, 2.05) is 4.90 Å². The summed E-state index contributed by atoms with van der Waals surface area (Å²) in [6.07, 6.45) is 0.0856. The van der Waals surface area contributed by atoms with Gasteiger partial charge in [0.05, 0.1) is 24.2 Å². The summed E-state index contributed by atoms with van der Waals surface area (Å²) < 4.78 is 27.2. The Labute approximate surface area is 217 Å². The van der Waals surface area contributed by atoms with Crippen LogP contribution in [0.15, 0.2) is 66.7 Å². The number of halogens is 4. The zero-order chi connectivity index (χ0) is 25.4. The minimum atomic E-state index is -0.563. The van der Waals surface area contributed by atoms with Crippen LogP contribution in [0.3, 0.4) is 0 Å². The van der Waals surface area contributed by atoms with Gasteiger partial charge >= 0.3 is 0 Å². The largest absolute Gasteiger partial charge is 0.290 e. The molecule has 0 bridgehead atoms. The van der Waals surface area contributed by atoms with Crippen LogP contribution in [0, 0.1) is 11.6 Å². The Hall–Kier alpha value is -2.84. The van der Waals surface area contributed by atoms with E-state index in [0.717, 1.165) is 16.0 Å². The van der Waals surface area contributed by atoms with Crippen LogP contribution in [-0.2, 0) is 9.59 Å². The number of amides is 2. The van der Waals surface area contributed by atoms with E-state index in [1.165, 1.54) is 24.3 Å². The number of rotatable bonds is 5. The summed E-state index contributed by atoms with van der Waals surface area (Å²) in [5, 5.41) is 0.700. The van der Waals surface area contributed by atoms with Gasteiger partial charge in [-0.3, -0.25) is 19.4 Å². The fourth-order valence-electron chi connectivity index (χ4n) is 5.05. The zero-order valence-corrected chi connectivity index (χ0v) is 20.7. The third-order valence-corrected chi connectivity index (χ3v) is 7.19. The second-order valence-electron chi connectivity index (χ2n) is 8.99. The molecule has 1 atom stereocenters. The molecule has 2 saturated heterocycles. The van der Waals surface area contributed by atoms with Crippen molar-refractivity contribution in [1.29, 1.82) is 0 Å². The first-order valence-corrected chi connectivity index (χ1v) is 12.4. The lowest BCUT2D eigenvalue weighted by Gasteiger charge is -2.41. The Bertz CT molecular complexity index is 1210. The Kier molecular flexibility index (Phi) is 7.08. The van der Waals surface area contributed by atoms with Crippen molar-refractivity contribution in [2.24, 2.45) is 0 Å². The van der Waals surface area contributed by atoms with Gasteiger partial charge in [0.1, 0.15) is 11.6 Å². The predicted octanol–water partition coefficient (Wildman–Crippen LogP) is 5.31. The monoisotopic (exact) mass is 529 g/mol. The number of nitrogens with zero attached hydrogens (tertiary/aromatic N) is 3. The average molecular weight is 530 g/mol. The molecule has 9 heteroatoms. The van der Waals surface area contributed by atoms with Gasteiger partial charge in [-0.05, 0) is 53.6 Å². The zero-order valence-electron chi connectivity index (χ0n) is 19.2. The van der Waals surface area contributed by atoms with Crippen molar-refractivity contribution in [3.63, 3.8) is 0 Å². The lowest BCUT2D eigenvalue weighted by Crippen LogP contribution is -2.53. The minimum absolute atomic E-state index is 0.0856. The van der Waals surface area contributed by atoms with Gasteiger partial charge in [-0.1, -0.05) is 47.5 Å². The Balaban J connectivity index is 1.33. The lowest BCUT2D eigenvalue weighted by molar-refractivity contribution is -0.123. The molecule has 0 saturated carbocycles. The number of hydrogen-bond donors (Lipinski definition) is 0. The number of hydrogen-bond acceptors (Lipinski definition) is 4. The van der Waals surface area contributed by atoms with Crippen LogP contribution in [-0.4, -0.2) is 53.8 Å². The van der Waals surface area contributed by atoms with Gasteiger partial charge < -0.3 is 0 Å². The van der Waals surface area contributed by atoms with Crippen LogP contribution in [0.4, 0.5) is 14.5 Å². The molecule has 5 nitrogen and oxygen atoms in total. The van der Waals surface area contributed by atoms with Crippen molar-refractivity contribution < 1.29 is 18.4 Å². The normalized spacial score (nSPS) is 19.5. The first kappa shape index (κ1) is 24.8. The first-order valence-electron chi connectivity index (χ1n) is 11.6. The Morgan fingerprint density at radius 2 is 1.25 bits per heavy atom. The molecule has 3 aromatic carbocycles. The summed E-state index contributed by atoms with van der Waals surface area (Å²) in [5.74, 6) is -1.23. The standard InChI is InChI=1S/C27H23Cl2F2N3O2/c28-19-13-20(29)15-23(14-19)34-25(35)16-24(27(34)36)32-9-11-33(12-10-32)26(17-1-5-21(30)6-2-17)18-3-7-22(31)8-4-18/h1-8,13-15,24,26H,9-12,16H2/t24-/m1/s1. The highest BCUT2D eigenvalue weighted by atomic mass is 35.5. The first-order chi connectivity index (χ1) is 17.3. The summed E-state index contributed by atoms with van der Waals surface area (Å²) in [5.41, 5.74) is 2.16. The van der Waals surface area contributed by atoms with Crippen molar-refractivity contribution in [2.45, 2.75) is 18.5 Å². The van der Waals surface area contributed by atoms with Crippen molar-refractivity contribution >= 4 is 40.7 Å². The predicted molar refractivity (Wildman–Crippen MR) is 135 cm³/mol. The molecule has 2 fully saturated rings. The lowest BCUT2D eigenvalue weighted by atomic mass is 9.96. The van der Waals surface area contributed by atoms with E-state index >= 15 is 0 Å². The highest BCUT2D eigenvalue weighted by molar-refractivity contribution is 6.35. The molecule has 0 spiro atoms. The third-order valence-electron chi connectivity index (χ3n) is 6.75. The van der Waals surface area contributed by atoms with Crippen molar-refractivity contribution in [3.8, 4) is 0 Å². The van der Waals surface area contributed by atoms with Gasteiger partial charge in [0.2, 0.25) is 5.91 Å². The van der Waals surface area contributed by atoms with Gasteiger partial charge in [0.25, 0.3) is 5.91 Å². The smallest absolute Gasteiger partial charge is 0.251 e. The number of benzene rings is 3. The fraction of sp³-hybridized carbons (Fsp3) is 0.259. The number of imide groups is 1. The van der Waals surface area contributed by atoms with Crippen molar-refractivity contribution in [1.82, 2.24) is 9.80 Å². The molecule has 2 heterocycles. The number of carbonyl (C=O) groups is 2. The van der Waals surface area contributed by atoms with Crippen molar-refractivity contribution in [2.75, 3.05) is 31.1 Å². The summed E-state index contributed by atoms with van der Waals surface area (Å²) in [7, 11) is 0. The molecule has 0 aromatic heterocycles. The van der Waals surface area contributed by atoms with E-state index in [1.54, 1.807) is 42.5 Å². The third kappa shape index (κ3) is 5.02. The SMILES string of the molecule is O=C1C[C@@H](N2CCN(C(c3ccc(F)cc3)c3ccc(F)cc3)CC2)C(=O)N1c1cc(Cl)cc(Cl)c1. The molecule has 3 aromatic rings. The fourth-order valence-corrected chi connectivity index (χ4v) is 5.57. The molecule has 2 aliphatic rings. The van der Waals surface area contributed by atoms with Gasteiger partial charge in [-0.2, -0.15) is 0 Å². The summed E-state index contributed by atoms with van der Waals surface area (Å²) in [6, 6.07) is 16.5. The number of carbonyl (C=O) groups excluding carboxylic acids is 2. The van der Waals surface area contributed by atoms with Crippen LogP contribution in [0.25, 0.3) is 0 Å². The van der Waals surface area contributed by atoms with E-state index in [4.69, 9.17) is 23.2 Å². The van der Waals surface area contributed by atoms with Crippen LogP contribution >= 0.6 is 23.2 Å². The highest BCUT2D eigenvalue weighted by Gasteiger charge is 2.44. The van der Waals surface area contributed by atoms with E-state index in [0.29, 0.717) is 41.9 Å². The van der Waals surface area contributed by atoms with Gasteiger partial charge in [-0.15, -0.1) is 0 Å². The summed E-state index contributed by atoms with van der Waals surface area (Å²) in [6.45, 7) is 2.35. The maximum Gasteiger partial charge on any atom is 0.251 e. The quantitative estimate of drug-likeness (QED) is 0.420. The molecule has 0 N–H and O–H groups in total. The van der Waals surface area contributed by atoms with E-state index in [9.17, 15) is 18.4 Å². The van der Waals surface area contributed by atoms with Gasteiger partial charge in [-0.25, -0.2) is 13.7 Å². The molecule has 2 amide bonds. The topological polar surface area (TPSA) is 43.9 Å². The van der Waals surface area contributed by atoms with E-state index in [-0.39, 0.29) is 35.9 Å². The Morgan fingerprint density at radius 1 is 0.750 bits per heavy atom. The molecule has 5 rings (SSSR count). The second kappa shape index (κ2) is 10.3. The van der Waals surface area contributed by atoms with Crippen LogP contribution in [0.1, 0.15) is 23.6 Å².